The van der Waals surface area contributed by atoms with E-state index in [2.05, 4.69) is 15.2 Å². The van der Waals surface area contributed by atoms with Gasteiger partial charge < -0.3 is 4.74 Å². The molecule has 4 aromatic rings. The number of nitrogens with zero attached hydrogens (tertiary/aromatic N) is 3. The van der Waals surface area contributed by atoms with Gasteiger partial charge in [0.05, 0.1) is 17.6 Å². The van der Waals surface area contributed by atoms with Crippen LogP contribution in [0.2, 0.25) is 0 Å². The fourth-order valence-electron chi connectivity index (χ4n) is 3.79. The minimum Gasteiger partial charge on any atom is -0.462 e. The van der Waals surface area contributed by atoms with Gasteiger partial charge >= 0.3 is 5.97 Å². The largest absolute Gasteiger partial charge is 0.462 e. The Kier molecular flexibility index (Phi) is 4.01. The average Bonchev–Trinajstić information content (AvgIpc) is 3.30. The Morgan fingerprint density at radius 2 is 2.04 bits per heavy atom. The molecule has 0 spiro atoms. The summed E-state index contributed by atoms with van der Waals surface area (Å²) in [7, 11) is 0. The molecule has 0 atom stereocenters. The number of fused-ring (bicyclic) bond motifs is 4. The molecule has 3 heterocycles. The fraction of sp³-hybridized carbons (Fsp3) is 0.300. The molecule has 142 valence electrons. The highest BCUT2D eigenvalue weighted by Crippen LogP contribution is 2.34. The summed E-state index contributed by atoms with van der Waals surface area (Å²) in [6.07, 6.45) is 4.22. The predicted molar refractivity (Wildman–Crippen MR) is 107 cm³/mol. The summed E-state index contributed by atoms with van der Waals surface area (Å²) in [5, 5.41) is 7.92. The van der Waals surface area contributed by atoms with Gasteiger partial charge in [0, 0.05) is 10.4 Å². The van der Waals surface area contributed by atoms with Crippen molar-refractivity contribution < 1.29 is 9.53 Å². The highest BCUT2D eigenvalue weighted by atomic mass is 32.1. The minimum atomic E-state index is -0.369. The molecule has 0 saturated heterocycles. The number of thiophene rings is 1. The summed E-state index contributed by atoms with van der Waals surface area (Å²) in [4.78, 5) is 31.9. The summed E-state index contributed by atoms with van der Waals surface area (Å²) in [6, 6.07) is 6.89. The maximum atomic E-state index is 13.3. The summed E-state index contributed by atoms with van der Waals surface area (Å²) in [6.45, 7) is 2.10. The zero-order valence-electron chi connectivity index (χ0n) is 15.3. The van der Waals surface area contributed by atoms with E-state index in [1.807, 2.05) is 0 Å². The topological polar surface area (TPSA) is 89.3 Å². The normalized spacial score (nSPS) is 13.8. The zero-order valence-corrected chi connectivity index (χ0v) is 16.1. The van der Waals surface area contributed by atoms with E-state index in [0.29, 0.717) is 23.8 Å². The van der Waals surface area contributed by atoms with Crippen molar-refractivity contribution in [3.05, 3.63) is 50.6 Å². The van der Waals surface area contributed by atoms with Gasteiger partial charge in [-0.1, -0.05) is 12.1 Å². The van der Waals surface area contributed by atoms with Crippen LogP contribution < -0.4 is 5.56 Å². The first-order valence-electron chi connectivity index (χ1n) is 9.36. The van der Waals surface area contributed by atoms with Crippen molar-refractivity contribution in [2.75, 3.05) is 6.61 Å². The minimum absolute atomic E-state index is 0.0855. The second-order valence-electron chi connectivity index (χ2n) is 6.81. The van der Waals surface area contributed by atoms with E-state index < -0.39 is 0 Å². The van der Waals surface area contributed by atoms with Gasteiger partial charge in [0.2, 0.25) is 5.78 Å². The van der Waals surface area contributed by atoms with Crippen LogP contribution in [0.5, 0.6) is 0 Å². The van der Waals surface area contributed by atoms with E-state index in [9.17, 15) is 9.59 Å². The van der Waals surface area contributed by atoms with Gasteiger partial charge in [-0.2, -0.15) is 5.10 Å². The van der Waals surface area contributed by atoms with Crippen LogP contribution in [0, 0.1) is 0 Å². The standard InChI is InChI=1S/C20H18N4O3S/c1-2-27-19(26)12-9-7-11(8-10-12)16-22-23-20-21-17-15(18(25)24(16)20)13-5-3-4-6-14(13)28-17/h7-10H,2-6H2,1H3,(H,21,23). The Hall–Kier alpha value is -3.00. The molecular weight excluding hydrogens is 376 g/mol. The number of carbonyl (C=O) groups is 1. The molecular formula is C20H18N4O3S. The van der Waals surface area contributed by atoms with Crippen LogP contribution in [0.3, 0.4) is 0 Å². The Labute approximate surface area is 164 Å². The van der Waals surface area contributed by atoms with Crippen molar-refractivity contribution >= 4 is 33.3 Å². The molecule has 0 aliphatic heterocycles. The lowest BCUT2D eigenvalue weighted by molar-refractivity contribution is 0.0526. The number of aromatic nitrogens is 4. The molecule has 0 unspecified atom stereocenters. The van der Waals surface area contributed by atoms with Crippen molar-refractivity contribution in [2.24, 2.45) is 0 Å². The molecule has 5 rings (SSSR count). The van der Waals surface area contributed by atoms with Crippen LogP contribution in [-0.2, 0) is 17.6 Å². The van der Waals surface area contributed by atoms with Crippen LogP contribution in [0.1, 0.15) is 40.6 Å². The molecule has 28 heavy (non-hydrogen) atoms. The number of hydrogen-bond donors (Lipinski definition) is 1. The first kappa shape index (κ1) is 17.1. The third-order valence-electron chi connectivity index (χ3n) is 5.12. The summed E-state index contributed by atoms with van der Waals surface area (Å²) in [5.74, 6) is 0.549. The lowest BCUT2D eigenvalue weighted by Crippen LogP contribution is -2.16. The third-order valence-corrected chi connectivity index (χ3v) is 6.30. The second kappa shape index (κ2) is 6.56. The molecule has 1 aromatic carbocycles. The zero-order chi connectivity index (χ0) is 19.3. The number of ether oxygens (including phenoxy) is 1. The SMILES string of the molecule is CCOC(=O)c1ccc(-c2n[nH]c3nc4sc5c(c4c(=O)n23)CCCC5)cc1. The molecule has 1 aliphatic rings. The van der Waals surface area contributed by atoms with Gasteiger partial charge in [-0.15, -0.1) is 11.3 Å². The number of esters is 1. The van der Waals surface area contributed by atoms with Gasteiger partial charge in [0.1, 0.15) is 4.83 Å². The Morgan fingerprint density at radius 1 is 1.25 bits per heavy atom. The Morgan fingerprint density at radius 3 is 2.82 bits per heavy atom. The Bertz CT molecular complexity index is 1270. The van der Waals surface area contributed by atoms with E-state index >= 15 is 0 Å². The number of H-pyrrole nitrogens is 1. The lowest BCUT2D eigenvalue weighted by atomic mass is 9.97. The molecule has 0 fully saturated rings. The van der Waals surface area contributed by atoms with E-state index in [0.717, 1.165) is 40.6 Å². The van der Waals surface area contributed by atoms with Crippen molar-refractivity contribution in [1.29, 1.82) is 0 Å². The van der Waals surface area contributed by atoms with E-state index in [4.69, 9.17) is 4.74 Å². The first-order chi connectivity index (χ1) is 13.7. The third kappa shape index (κ3) is 2.56. The second-order valence-corrected chi connectivity index (χ2v) is 7.90. The molecule has 0 amide bonds. The van der Waals surface area contributed by atoms with E-state index in [1.165, 1.54) is 15.7 Å². The molecule has 0 bridgehead atoms. The van der Waals surface area contributed by atoms with Crippen LogP contribution in [0.4, 0.5) is 0 Å². The van der Waals surface area contributed by atoms with Crippen molar-refractivity contribution in [3.8, 4) is 11.4 Å². The number of rotatable bonds is 3. The van der Waals surface area contributed by atoms with Crippen LogP contribution in [-0.4, -0.2) is 32.2 Å². The molecule has 1 N–H and O–H groups in total. The maximum absolute atomic E-state index is 13.3. The summed E-state index contributed by atoms with van der Waals surface area (Å²) in [5.41, 5.74) is 2.26. The summed E-state index contributed by atoms with van der Waals surface area (Å²) < 4.78 is 6.55. The van der Waals surface area contributed by atoms with E-state index in [-0.39, 0.29) is 11.5 Å². The molecule has 3 aromatic heterocycles. The van der Waals surface area contributed by atoms with Gasteiger partial charge in [0.15, 0.2) is 5.82 Å². The van der Waals surface area contributed by atoms with Crippen LogP contribution in [0.25, 0.3) is 27.4 Å². The maximum Gasteiger partial charge on any atom is 0.338 e. The van der Waals surface area contributed by atoms with Crippen molar-refractivity contribution in [2.45, 2.75) is 32.6 Å². The average molecular weight is 394 g/mol. The van der Waals surface area contributed by atoms with Gasteiger partial charge in [-0.25, -0.2) is 19.3 Å². The van der Waals surface area contributed by atoms with Gasteiger partial charge in [-0.3, -0.25) is 4.79 Å². The van der Waals surface area contributed by atoms with E-state index in [1.54, 1.807) is 42.5 Å². The molecule has 8 heteroatoms. The molecule has 7 nitrogen and oxygen atoms in total. The number of nitrogens with one attached hydrogen (secondary N) is 1. The number of aromatic amines is 1. The highest BCUT2D eigenvalue weighted by Gasteiger charge is 2.22. The van der Waals surface area contributed by atoms with Gasteiger partial charge in [-0.05, 0) is 50.3 Å². The highest BCUT2D eigenvalue weighted by molar-refractivity contribution is 7.18. The van der Waals surface area contributed by atoms with Gasteiger partial charge in [0.25, 0.3) is 5.56 Å². The Balaban J connectivity index is 1.66. The van der Waals surface area contributed by atoms with Crippen LogP contribution in [0.15, 0.2) is 29.1 Å². The van der Waals surface area contributed by atoms with Crippen molar-refractivity contribution in [1.82, 2.24) is 19.6 Å². The predicted octanol–water partition coefficient (Wildman–Crippen LogP) is 3.35. The smallest absolute Gasteiger partial charge is 0.338 e. The number of benzene rings is 1. The monoisotopic (exact) mass is 394 g/mol. The van der Waals surface area contributed by atoms with Crippen LogP contribution >= 0.6 is 11.3 Å². The lowest BCUT2D eigenvalue weighted by Gasteiger charge is -2.09. The quantitative estimate of drug-likeness (QED) is 0.538. The number of hydrogen-bond acceptors (Lipinski definition) is 6. The number of aryl methyl sites for hydroxylation is 2. The van der Waals surface area contributed by atoms with Crippen molar-refractivity contribution in [3.63, 3.8) is 0 Å². The molecule has 1 aliphatic carbocycles. The first-order valence-corrected chi connectivity index (χ1v) is 10.2. The molecule has 0 radical (unpaired) electrons. The molecule has 0 saturated carbocycles. The number of carbonyl (C=O) groups excluding carboxylic acids is 1. The summed E-state index contributed by atoms with van der Waals surface area (Å²) >= 11 is 1.62. The fourth-order valence-corrected chi connectivity index (χ4v) is 5.04.